The molecule has 3 aromatic carbocycles. The van der Waals surface area contributed by atoms with Crippen molar-refractivity contribution in [1.82, 2.24) is 29.9 Å². The Morgan fingerprint density at radius 2 is 0.667 bits per heavy atom. The predicted molar refractivity (Wildman–Crippen MR) is 180 cm³/mol. The number of pyridine rings is 3. The van der Waals surface area contributed by atoms with E-state index in [1.54, 1.807) is 55.4 Å². The van der Waals surface area contributed by atoms with Gasteiger partial charge in [-0.1, -0.05) is 54.6 Å². The van der Waals surface area contributed by atoms with Crippen molar-refractivity contribution >= 4 is 0 Å². The summed E-state index contributed by atoms with van der Waals surface area (Å²) in [4.78, 5) is 27.5. The summed E-state index contributed by atoms with van der Waals surface area (Å²) in [6.45, 7) is 0. The monoisotopic (exact) mass is 615 g/mol. The minimum atomic E-state index is 0.424. The quantitative estimate of drug-likeness (QED) is 0.184. The Kier molecular flexibility index (Phi) is 7.88. The zero-order valence-corrected chi connectivity index (χ0v) is 25.1. The van der Waals surface area contributed by atoms with E-state index in [1.165, 1.54) is 0 Å². The van der Waals surface area contributed by atoms with Crippen LogP contribution in [0, 0.1) is 34.0 Å². The van der Waals surface area contributed by atoms with Crippen LogP contribution in [0.15, 0.2) is 128 Å². The van der Waals surface area contributed by atoms with Crippen molar-refractivity contribution in [2.24, 2.45) is 0 Å². The molecule has 0 unspecified atom stereocenters. The highest BCUT2D eigenvalue weighted by molar-refractivity contribution is 5.78. The van der Waals surface area contributed by atoms with Gasteiger partial charge in [0.2, 0.25) is 0 Å². The van der Waals surface area contributed by atoms with Crippen LogP contribution < -0.4 is 0 Å². The molecule has 7 rings (SSSR count). The normalized spacial score (nSPS) is 10.4. The van der Waals surface area contributed by atoms with Gasteiger partial charge in [0.15, 0.2) is 17.5 Å². The van der Waals surface area contributed by atoms with E-state index in [4.69, 9.17) is 15.0 Å². The Labute approximate surface area is 275 Å². The van der Waals surface area contributed by atoms with Gasteiger partial charge in [0.1, 0.15) is 0 Å². The van der Waals surface area contributed by atoms with Gasteiger partial charge in [-0.3, -0.25) is 15.0 Å². The molecule has 222 valence electrons. The lowest BCUT2D eigenvalue weighted by molar-refractivity contribution is 1.07. The van der Waals surface area contributed by atoms with Crippen molar-refractivity contribution in [2.45, 2.75) is 0 Å². The fourth-order valence-corrected chi connectivity index (χ4v) is 5.41. The van der Waals surface area contributed by atoms with Crippen molar-refractivity contribution in [3.63, 3.8) is 0 Å². The number of benzene rings is 3. The second-order valence-electron chi connectivity index (χ2n) is 10.6. The molecule has 0 bridgehead atoms. The first-order chi connectivity index (χ1) is 23.6. The van der Waals surface area contributed by atoms with Crippen molar-refractivity contribution in [1.29, 1.82) is 15.8 Å². The maximum Gasteiger partial charge on any atom is 0.164 e. The van der Waals surface area contributed by atoms with Gasteiger partial charge in [0.25, 0.3) is 0 Å². The van der Waals surface area contributed by atoms with Gasteiger partial charge in [0, 0.05) is 70.6 Å². The molecule has 0 saturated carbocycles. The Balaban J connectivity index is 1.41. The zero-order valence-electron chi connectivity index (χ0n) is 25.1. The summed E-state index contributed by atoms with van der Waals surface area (Å²) < 4.78 is 0. The topological polar surface area (TPSA) is 149 Å². The summed E-state index contributed by atoms with van der Waals surface area (Å²) in [7, 11) is 0. The van der Waals surface area contributed by atoms with E-state index in [0.717, 1.165) is 33.4 Å². The number of hydrogen-bond donors (Lipinski definition) is 0. The van der Waals surface area contributed by atoms with Crippen LogP contribution in [0.1, 0.15) is 16.7 Å². The maximum absolute atomic E-state index is 9.71. The molecule has 0 fully saturated rings. The van der Waals surface area contributed by atoms with Gasteiger partial charge < -0.3 is 0 Å². The Hall–Kier alpha value is -7.41. The van der Waals surface area contributed by atoms with Gasteiger partial charge in [0.05, 0.1) is 34.9 Å². The summed E-state index contributed by atoms with van der Waals surface area (Å²) in [6, 6.07) is 34.7. The predicted octanol–water partition coefficient (Wildman–Crippen LogP) is 7.67. The van der Waals surface area contributed by atoms with Crippen LogP contribution in [-0.2, 0) is 0 Å². The molecule has 9 nitrogen and oxygen atoms in total. The molecule has 4 aromatic heterocycles. The molecule has 0 atom stereocenters. The SMILES string of the molecule is N#Cc1ccncc1-c1cccc(-c2nc(-c3cccc(-c4cnccc4C#N)c3)nc(-c3cccc(-c4cnccc4C#N)c3)n2)c1. The largest absolute Gasteiger partial charge is 0.264 e. The smallest absolute Gasteiger partial charge is 0.164 e. The van der Waals surface area contributed by atoms with E-state index in [2.05, 4.69) is 33.2 Å². The lowest BCUT2D eigenvalue weighted by Gasteiger charge is -2.12. The van der Waals surface area contributed by atoms with Crippen LogP contribution in [-0.4, -0.2) is 29.9 Å². The van der Waals surface area contributed by atoms with E-state index >= 15 is 0 Å². The first-order valence-electron chi connectivity index (χ1n) is 14.8. The molecule has 0 aliphatic carbocycles. The maximum atomic E-state index is 9.71. The average molecular weight is 616 g/mol. The molecule has 0 aliphatic rings. The summed E-state index contributed by atoms with van der Waals surface area (Å²) in [5.41, 5.74) is 8.17. The molecule has 9 heteroatoms. The third-order valence-corrected chi connectivity index (χ3v) is 7.76. The first-order valence-corrected chi connectivity index (χ1v) is 14.8. The van der Waals surface area contributed by atoms with Crippen molar-refractivity contribution in [2.75, 3.05) is 0 Å². The third kappa shape index (κ3) is 5.73. The van der Waals surface area contributed by atoms with Crippen LogP contribution in [0.4, 0.5) is 0 Å². The molecule has 0 N–H and O–H groups in total. The zero-order chi connectivity index (χ0) is 32.9. The van der Waals surface area contributed by atoms with E-state index in [1.807, 2.05) is 72.8 Å². The van der Waals surface area contributed by atoms with Crippen LogP contribution in [0.5, 0.6) is 0 Å². The molecule has 48 heavy (non-hydrogen) atoms. The van der Waals surface area contributed by atoms with Crippen molar-refractivity contribution in [3.8, 4) is 85.8 Å². The summed E-state index contributed by atoms with van der Waals surface area (Å²) in [5.74, 6) is 1.27. The minimum Gasteiger partial charge on any atom is -0.264 e. The molecule has 0 saturated heterocycles. The third-order valence-electron chi connectivity index (χ3n) is 7.76. The van der Waals surface area contributed by atoms with E-state index in [-0.39, 0.29) is 0 Å². The van der Waals surface area contributed by atoms with E-state index in [9.17, 15) is 15.8 Å². The summed E-state index contributed by atoms with van der Waals surface area (Å²) >= 11 is 0. The number of aromatic nitrogens is 6. The number of nitriles is 3. The van der Waals surface area contributed by atoms with Gasteiger partial charge in [-0.25, -0.2) is 15.0 Å². The fourth-order valence-electron chi connectivity index (χ4n) is 5.41. The highest BCUT2D eigenvalue weighted by Gasteiger charge is 2.16. The van der Waals surface area contributed by atoms with Crippen LogP contribution >= 0.6 is 0 Å². The van der Waals surface area contributed by atoms with Gasteiger partial charge >= 0.3 is 0 Å². The Morgan fingerprint density at radius 1 is 0.375 bits per heavy atom. The lowest BCUT2D eigenvalue weighted by atomic mass is 9.99. The van der Waals surface area contributed by atoms with Crippen molar-refractivity contribution < 1.29 is 0 Å². The van der Waals surface area contributed by atoms with E-state index in [0.29, 0.717) is 50.9 Å². The first kappa shape index (κ1) is 29.3. The molecule has 4 heterocycles. The second-order valence-corrected chi connectivity index (χ2v) is 10.6. The number of hydrogen-bond acceptors (Lipinski definition) is 9. The second kappa shape index (κ2) is 12.9. The van der Waals surface area contributed by atoms with Crippen LogP contribution in [0.2, 0.25) is 0 Å². The minimum absolute atomic E-state index is 0.424. The Morgan fingerprint density at radius 3 is 0.958 bits per heavy atom. The van der Waals surface area contributed by atoms with Gasteiger partial charge in [-0.2, -0.15) is 15.8 Å². The van der Waals surface area contributed by atoms with Gasteiger partial charge in [-0.05, 0) is 53.1 Å². The molecular weight excluding hydrogens is 594 g/mol. The molecular formula is C39H21N9. The molecule has 0 aliphatic heterocycles. The van der Waals surface area contributed by atoms with Crippen LogP contribution in [0.25, 0.3) is 67.5 Å². The summed E-state index contributed by atoms with van der Waals surface area (Å²) in [5, 5.41) is 29.1. The average Bonchev–Trinajstić information content (AvgIpc) is 3.17. The molecule has 0 amide bonds. The highest BCUT2D eigenvalue weighted by atomic mass is 15.0. The lowest BCUT2D eigenvalue weighted by Crippen LogP contribution is -2.01. The Bertz CT molecular complexity index is 2180. The van der Waals surface area contributed by atoms with Gasteiger partial charge in [-0.15, -0.1) is 0 Å². The standard InChI is InChI=1S/C39H21N9/c40-19-31-10-13-43-22-34(31)25-4-1-7-28(16-25)37-46-38(29-8-2-5-26(17-29)35-23-44-14-11-32(35)20-41)48-39(47-37)30-9-3-6-27(18-30)36-24-45-15-12-33(36)21-42/h1-18,22-24H. The summed E-state index contributed by atoms with van der Waals surface area (Å²) in [6.07, 6.45) is 9.78. The number of nitrogens with zero attached hydrogens (tertiary/aromatic N) is 9. The number of rotatable bonds is 6. The van der Waals surface area contributed by atoms with Crippen LogP contribution in [0.3, 0.4) is 0 Å². The van der Waals surface area contributed by atoms with E-state index < -0.39 is 0 Å². The molecule has 0 radical (unpaired) electrons. The molecule has 7 aromatic rings. The van der Waals surface area contributed by atoms with Crippen molar-refractivity contribution in [3.05, 3.63) is 145 Å². The fraction of sp³-hybridized carbons (Fsp3) is 0. The molecule has 0 spiro atoms. The highest BCUT2D eigenvalue weighted by Crippen LogP contribution is 2.32.